The third kappa shape index (κ3) is 2.61. The molecule has 0 spiro atoms. The maximum atomic E-state index is 12.9. The van der Waals surface area contributed by atoms with Gasteiger partial charge in [-0.15, -0.1) is 5.10 Å². The van der Waals surface area contributed by atoms with E-state index in [0.29, 0.717) is 11.7 Å². The lowest BCUT2D eigenvalue weighted by Crippen LogP contribution is -2.40. The second-order valence-corrected chi connectivity index (χ2v) is 6.74. The lowest BCUT2D eigenvalue weighted by molar-refractivity contribution is -0.118. The largest absolute Gasteiger partial charge is 0.308 e. The van der Waals surface area contributed by atoms with Crippen LogP contribution in [0.1, 0.15) is 26.3 Å². The number of hydrogen-bond acceptors (Lipinski definition) is 5. The number of aryl methyl sites for hydroxylation is 1. The molecule has 0 bridgehead atoms. The number of thioether (sulfide) groups is 1. The predicted molar refractivity (Wildman–Crippen MR) is 85.9 cm³/mol. The van der Waals surface area contributed by atoms with Gasteiger partial charge in [0, 0.05) is 18.3 Å². The number of hydrogen-bond donors (Lipinski definition) is 0. The van der Waals surface area contributed by atoms with Crippen LogP contribution < -0.4 is 4.90 Å². The van der Waals surface area contributed by atoms with Crippen molar-refractivity contribution in [2.45, 2.75) is 50.2 Å². The number of carbonyl (C=O) groups excluding carboxylic acids is 1. The summed E-state index contributed by atoms with van der Waals surface area (Å²) in [6.07, 6.45) is 0.909. The van der Waals surface area contributed by atoms with Crippen LogP contribution in [-0.4, -0.2) is 37.4 Å². The molecule has 2 aromatic rings. The molecule has 7 heteroatoms. The minimum Gasteiger partial charge on any atom is -0.308 e. The zero-order chi connectivity index (χ0) is 15.7. The molecule has 116 valence electrons. The van der Waals surface area contributed by atoms with Gasteiger partial charge in [-0.3, -0.25) is 4.79 Å². The Balaban J connectivity index is 1.79. The maximum Gasteiger partial charge on any atom is 0.240 e. The minimum atomic E-state index is -0.232. The van der Waals surface area contributed by atoms with Crippen molar-refractivity contribution in [1.82, 2.24) is 20.2 Å². The second kappa shape index (κ2) is 6.08. The summed E-state index contributed by atoms with van der Waals surface area (Å²) < 4.78 is 1.70. The van der Waals surface area contributed by atoms with Crippen LogP contribution in [0, 0.1) is 0 Å². The van der Waals surface area contributed by atoms with E-state index in [-0.39, 0.29) is 17.2 Å². The molecule has 0 N–H and O–H groups in total. The van der Waals surface area contributed by atoms with Gasteiger partial charge in [0.25, 0.3) is 0 Å². The Morgan fingerprint density at radius 3 is 3.00 bits per heavy atom. The van der Waals surface area contributed by atoms with E-state index in [1.54, 1.807) is 4.68 Å². The average Bonchev–Trinajstić information content (AvgIpc) is 3.09. The topological polar surface area (TPSA) is 63.9 Å². The zero-order valence-corrected chi connectivity index (χ0v) is 13.7. The van der Waals surface area contributed by atoms with Gasteiger partial charge >= 0.3 is 0 Å². The molecule has 1 aliphatic heterocycles. The third-order valence-electron chi connectivity index (χ3n) is 3.87. The smallest absolute Gasteiger partial charge is 0.240 e. The number of benzene rings is 1. The number of anilines is 1. The standard InChI is InChI=1S/C15H19N5OS/c1-4-19-15(16-17-18-19)22-11(3)14(21)20-10(2)9-12-7-5-6-8-13(12)20/h5-8,10-11H,4,9H2,1-3H3/t10-,11-/m0/s1. The van der Waals surface area contributed by atoms with E-state index < -0.39 is 0 Å². The Bertz CT molecular complexity index is 686. The van der Waals surface area contributed by atoms with Crippen LogP contribution in [-0.2, 0) is 17.8 Å². The minimum absolute atomic E-state index is 0.105. The molecule has 1 aromatic heterocycles. The van der Waals surface area contributed by atoms with Crippen molar-refractivity contribution in [3.63, 3.8) is 0 Å². The van der Waals surface area contributed by atoms with E-state index in [2.05, 4.69) is 28.5 Å². The molecule has 1 amide bonds. The van der Waals surface area contributed by atoms with Crippen LogP contribution in [0.5, 0.6) is 0 Å². The summed E-state index contributed by atoms with van der Waals surface area (Å²) in [5, 5.41) is 12.0. The molecule has 1 aliphatic rings. The molecule has 3 rings (SSSR count). The summed E-state index contributed by atoms with van der Waals surface area (Å²) >= 11 is 1.41. The molecule has 6 nitrogen and oxygen atoms in total. The summed E-state index contributed by atoms with van der Waals surface area (Å²) in [6, 6.07) is 8.30. The number of fused-ring (bicyclic) bond motifs is 1. The van der Waals surface area contributed by atoms with Gasteiger partial charge in [0.05, 0.1) is 5.25 Å². The molecule has 0 unspecified atom stereocenters. The van der Waals surface area contributed by atoms with Crippen LogP contribution in [0.15, 0.2) is 29.4 Å². The van der Waals surface area contributed by atoms with Crippen molar-refractivity contribution < 1.29 is 4.79 Å². The molecule has 0 fully saturated rings. The fourth-order valence-corrected chi connectivity index (χ4v) is 3.69. The normalized spacial score (nSPS) is 18.3. The van der Waals surface area contributed by atoms with Crippen LogP contribution in [0.25, 0.3) is 0 Å². The van der Waals surface area contributed by atoms with Crippen LogP contribution in [0.4, 0.5) is 5.69 Å². The highest BCUT2D eigenvalue weighted by atomic mass is 32.2. The highest BCUT2D eigenvalue weighted by Gasteiger charge is 2.33. The summed E-state index contributed by atoms with van der Waals surface area (Å²) in [5.41, 5.74) is 2.27. The van der Waals surface area contributed by atoms with Crippen molar-refractivity contribution in [1.29, 1.82) is 0 Å². The van der Waals surface area contributed by atoms with Gasteiger partial charge in [0.1, 0.15) is 0 Å². The Labute approximate surface area is 133 Å². The fourth-order valence-electron chi connectivity index (χ4n) is 2.79. The van der Waals surface area contributed by atoms with Gasteiger partial charge in [-0.05, 0) is 49.2 Å². The molecule has 0 aliphatic carbocycles. The van der Waals surface area contributed by atoms with Gasteiger partial charge in [0.2, 0.25) is 11.1 Å². The van der Waals surface area contributed by atoms with E-state index in [4.69, 9.17) is 0 Å². The van der Waals surface area contributed by atoms with E-state index in [1.807, 2.05) is 36.9 Å². The van der Waals surface area contributed by atoms with Gasteiger partial charge in [-0.1, -0.05) is 30.0 Å². The monoisotopic (exact) mass is 317 g/mol. The average molecular weight is 317 g/mol. The predicted octanol–water partition coefficient (Wildman–Crippen LogP) is 2.15. The number of rotatable bonds is 4. The molecule has 22 heavy (non-hydrogen) atoms. The van der Waals surface area contributed by atoms with Gasteiger partial charge in [-0.2, -0.15) is 0 Å². The molecule has 0 saturated carbocycles. The van der Waals surface area contributed by atoms with E-state index >= 15 is 0 Å². The Morgan fingerprint density at radius 1 is 1.45 bits per heavy atom. The zero-order valence-electron chi connectivity index (χ0n) is 12.9. The lowest BCUT2D eigenvalue weighted by Gasteiger charge is -2.25. The van der Waals surface area contributed by atoms with Crippen molar-refractivity contribution in [3.05, 3.63) is 29.8 Å². The van der Waals surface area contributed by atoms with Gasteiger partial charge in [-0.25, -0.2) is 4.68 Å². The highest BCUT2D eigenvalue weighted by molar-refractivity contribution is 8.00. The first-order valence-electron chi connectivity index (χ1n) is 7.45. The Morgan fingerprint density at radius 2 is 2.23 bits per heavy atom. The summed E-state index contributed by atoms with van der Waals surface area (Å²) in [4.78, 5) is 14.8. The molecular formula is C15H19N5OS. The van der Waals surface area contributed by atoms with E-state index in [1.165, 1.54) is 17.3 Å². The molecule has 0 radical (unpaired) electrons. The quantitative estimate of drug-likeness (QED) is 0.809. The SMILES string of the molecule is CCn1nnnc1S[C@@H](C)C(=O)N1c2ccccc2C[C@@H]1C. The molecule has 0 saturated heterocycles. The number of amides is 1. The van der Waals surface area contributed by atoms with Gasteiger partial charge in [0.15, 0.2) is 0 Å². The van der Waals surface area contributed by atoms with Crippen LogP contribution in [0.3, 0.4) is 0 Å². The van der Waals surface area contributed by atoms with Crippen LogP contribution >= 0.6 is 11.8 Å². The second-order valence-electron chi connectivity index (χ2n) is 5.43. The first-order valence-corrected chi connectivity index (χ1v) is 8.33. The maximum absolute atomic E-state index is 12.9. The van der Waals surface area contributed by atoms with Crippen molar-refractivity contribution in [3.8, 4) is 0 Å². The fraction of sp³-hybridized carbons (Fsp3) is 0.467. The Hall–Kier alpha value is -1.89. The summed E-state index contributed by atoms with van der Waals surface area (Å²) in [7, 11) is 0. The third-order valence-corrected chi connectivity index (χ3v) is 4.93. The van der Waals surface area contributed by atoms with E-state index in [9.17, 15) is 4.79 Å². The van der Waals surface area contributed by atoms with Gasteiger partial charge < -0.3 is 4.90 Å². The Kier molecular flexibility index (Phi) is 4.15. The van der Waals surface area contributed by atoms with E-state index in [0.717, 1.165) is 12.1 Å². The molecular weight excluding hydrogens is 298 g/mol. The van der Waals surface area contributed by atoms with Crippen molar-refractivity contribution >= 4 is 23.4 Å². The number of para-hydroxylation sites is 1. The summed E-state index contributed by atoms with van der Waals surface area (Å²) in [6.45, 7) is 6.67. The lowest BCUT2D eigenvalue weighted by atomic mass is 10.1. The molecule has 2 heterocycles. The first-order chi connectivity index (χ1) is 10.6. The summed E-state index contributed by atoms with van der Waals surface area (Å²) in [5.74, 6) is 0.105. The molecule has 2 atom stereocenters. The number of carbonyl (C=O) groups is 1. The van der Waals surface area contributed by atoms with Crippen molar-refractivity contribution in [2.75, 3.05) is 4.90 Å². The highest BCUT2D eigenvalue weighted by Crippen LogP contribution is 2.34. The molecule has 1 aromatic carbocycles. The number of aromatic nitrogens is 4. The van der Waals surface area contributed by atoms with Crippen LogP contribution in [0.2, 0.25) is 0 Å². The van der Waals surface area contributed by atoms with Crippen molar-refractivity contribution in [2.24, 2.45) is 0 Å². The number of tetrazole rings is 1. The number of nitrogens with zero attached hydrogens (tertiary/aromatic N) is 5. The first kappa shape index (κ1) is 15.0.